The summed E-state index contributed by atoms with van der Waals surface area (Å²) in [6.07, 6.45) is 1.19. The van der Waals surface area contributed by atoms with Gasteiger partial charge in [0, 0.05) is 6.54 Å². The van der Waals surface area contributed by atoms with E-state index in [4.69, 9.17) is 4.74 Å². The number of hydrogen-bond acceptors (Lipinski definition) is 3. The molecule has 3 heteroatoms. The molecular weight excluding hydrogens is 218 g/mol. The van der Waals surface area contributed by atoms with Gasteiger partial charge in [0.15, 0.2) is 0 Å². The molecule has 0 spiro atoms. The van der Waals surface area contributed by atoms with E-state index < -0.39 is 0 Å². The van der Waals surface area contributed by atoms with E-state index in [0.717, 1.165) is 18.0 Å². The summed E-state index contributed by atoms with van der Waals surface area (Å²) >= 11 is 1.98. The molecule has 0 aromatic heterocycles. The summed E-state index contributed by atoms with van der Waals surface area (Å²) in [6.45, 7) is 5.28. The first-order valence-corrected chi connectivity index (χ1v) is 6.89. The number of anilines is 1. The molecule has 0 saturated carbocycles. The highest BCUT2D eigenvalue weighted by atomic mass is 32.2. The molecule has 1 N–H and O–H groups in total. The van der Waals surface area contributed by atoms with Gasteiger partial charge in [-0.2, -0.15) is 11.8 Å². The van der Waals surface area contributed by atoms with Gasteiger partial charge in [-0.15, -0.1) is 0 Å². The maximum absolute atomic E-state index is 5.34. The molecule has 0 bridgehead atoms. The lowest BCUT2D eigenvalue weighted by molar-refractivity contribution is 0.416. The third kappa shape index (κ3) is 4.35. The number of hydrogen-bond donors (Lipinski definition) is 1. The van der Waals surface area contributed by atoms with Gasteiger partial charge < -0.3 is 10.1 Å². The first-order chi connectivity index (χ1) is 7.77. The first kappa shape index (κ1) is 13.2. The molecule has 0 heterocycles. The third-order valence-electron chi connectivity index (χ3n) is 2.34. The Labute approximate surface area is 103 Å². The molecule has 0 radical (unpaired) electrons. The van der Waals surface area contributed by atoms with Crippen molar-refractivity contribution in [3.05, 3.63) is 23.8 Å². The van der Waals surface area contributed by atoms with Crippen LogP contribution in [0.15, 0.2) is 18.2 Å². The molecule has 0 amide bonds. The van der Waals surface area contributed by atoms with Crippen molar-refractivity contribution in [1.29, 1.82) is 0 Å². The average molecular weight is 239 g/mol. The van der Waals surface area contributed by atoms with Gasteiger partial charge >= 0.3 is 0 Å². The van der Waals surface area contributed by atoms with Crippen molar-refractivity contribution >= 4 is 17.4 Å². The van der Waals surface area contributed by atoms with Gasteiger partial charge in [-0.1, -0.05) is 13.0 Å². The van der Waals surface area contributed by atoms with Crippen molar-refractivity contribution in [1.82, 2.24) is 0 Å². The van der Waals surface area contributed by atoms with E-state index >= 15 is 0 Å². The van der Waals surface area contributed by atoms with Crippen LogP contribution >= 0.6 is 11.8 Å². The highest BCUT2D eigenvalue weighted by Crippen LogP contribution is 2.25. The molecule has 0 aliphatic rings. The van der Waals surface area contributed by atoms with Crippen LogP contribution in [-0.2, 0) is 0 Å². The van der Waals surface area contributed by atoms with E-state index in [0.29, 0.717) is 0 Å². The molecule has 1 rings (SSSR count). The fourth-order valence-corrected chi connectivity index (χ4v) is 2.12. The molecule has 2 nitrogen and oxygen atoms in total. The molecule has 0 saturated heterocycles. The standard InChI is InChI=1S/C13H21NOS/c1-4-16-9-5-8-14-12-7-6-11(2)10-13(12)15-3/h6-7,10,14H,4-5,8-9H2,1-3H3. The normalized spacial score (nSPS) is 10.2. The minimum Gasteiger partial charge on any atom is -0.495 e. The van der Waals surface area contributed by atoms with E-state index in [1.54, 1.807) is 7.11 Å². The van der Waals surface area contributed by atoms with E-state index in [-0.39, 0.29) is 0 Å². The molecule has 1 aromatic carbocycles. The SMILES string of the molecule is CCSCCCNc1ccc(C)cc1OC. The predicted octanol–water partition coefficient (Wildman–Crippen LogP) is 3.56. The fourth-order valence-electron chi connectivity index (χ4n) is 1.49. The Morgan fingerprint density at radius 2 is 2.19 bits per heavy atom. The van der Waals surface area contributed by atoms with Crippen LogP contribution in [0.5, 0.6) is 5.75 Å². The van der Waals surface area contributed by atoms with E-state index in [1.807, 2.05) is 11.8 Å². The summed E-state index contributed by atoms with van der Waals surface area (Å²) in [5.41, 5.74) is 2.32. The van der Waals surface area contributed by atoms with Crippen molar-refractivity contribution in [2.75, 3.05) is 30.5 Å². The number of thioether (sulfide) groups is 1. The number of rotatable bonds is 7. The Balaban J connectivity index is 2.41. The van der Waals surface area contributed by atoms with Crippen LogP contribution in [0.1, 0.15) is 18.9 Å². The van der Waals surface area contributed by atoms with Crippen LogP contribution in [-0.4, -0.2) is 25.2 Å². The van der Waals surface area contributed by atoms with Gasteiger partial charge in [0.2, 0.25) is 0 Å². The molecule has 90 valence electrons. The van der Waals surface area contributed by atoms with Crippen LogP contribution < -0.4 is 10.1 Å². The van der Waals surface area contributed by atoms with Crippen molar-refractivity contribution < 1.29 is 4.74 Å². The van der Waals surface area contributed by atoms with Gasteiger partial charge in [-0.25, -0.2) is 0 Å². The van der Waals surface area contributed by atoms with Crippen molar-refractivity contribution in [3.63, 3.8) is 0 Å². The maximum Gasteiger partial charge on any atom is 0.142 e. The number of methoxy groups -OCH3 is 1. The second kappa shape index (κ2) is 7.44. The smallest absolute Gasteiger partial charge is 0.142 e. The summed E-state index contributed by atoms with van der Waals surface area (Å²) in [7, 11) is 1.72. The van der Waals surface area contributed by atoms with Crippen molar-refractivity contribution in [2.45, 2.75) is 20.3 Å². The Kier molecular flexibility index (Phi) is 6.16. The summed E-state index contributed by atoms with van der Waals surface area (Å²) in [5, 5.41) is 3.41. The number of aryl methyl sites for hydroxylation is 1. The Morgan fingerprint density at radius 3 is 2.88 bits per heavy atom. The minimum atomic E-state index is 0.933. The summed E-state index contributed by atoms with van der Waals surface area (Å²) < 4.78 is 5.34. The highest BCUT2D eigenvalue weighted by molar-refractivity contribution is 7.99. The van der Waals surface area contributed by atoms with Crippen molar-refractivity contribution in [3.8, 4) is 5.75 Å². The number of nitrogens with one attached hydrogen (secondary N) is 1. The lowest BCUT2D eigenvalue weighted by Crippen LogP contribution is -2.04. The van der Waals surface area contributed by atoms with Crippen molar-refractivity contribution in [2.24, 2.45) is 0 Å². The monoisotopic (exact) mass is 239 g/mol. The summed E-state index contributed by atoms with van der Waals surface area (Å²) in [5.74, 6) is 3.36. The zero-order valence-electron chi connectivity index (χ0n) is 10.4. The summed E-state index contributed by atoms with van der Waals surface area (Å²) in [4.78, 5) is 0. The highest BCUT2D eigenvalue weighted by Gasteiger charge is 2.01. The van der Waals surface area contributed by atoms with Gasteiger partial charge in [-0.3, -0.25) is 0 Å². The number of benzene rings is 1. The molecule has 16 heavy (non-hydrogen) atoms. The third-order valence-corrected chi connectivity index (χ3v) is 3.33. The summed E-state index contributed by atoms with van der Waals surface area (Å²) in [6, 6.07) is 6.25. The lowest BCUT2D eigenvalue weighted by Gasteiger charge is -2.11. The average Bonchev–Trinajstić information content (AvgIpc) is 2.30. The Morgan fingerprint density at radius 1 is 1.38 bits per heavy atom. The van der Waals surface area contributed by atoms with Gasteiger partial charge in [0.25, 0.3) is 0 Å². The van der Waals surface area contributed by atoms with Crippen LogP contribution in [0.3, 0.4) is 0 Å². The molecule has 0 aliphatic heterocycles. The molecule has 0 fully saturated rings. The Bertz CT molecular complexity index is 315. The molecular formula is C13H21NOS. The molecule has 0 unspecified atom stereocenters. The molecule has 1 aromatic rings. The Hall–Kier alpha value is -0.830. The zero-order chi connectivity index (χ0) is 11.8. The second-order valence-electron chi connectivity index (χ2n) is 3.68. The lowest BCUT2D eigenvalue weighted by atomic mass is 10.2. The van der Waals surface area contributed by atoms with Gasteiger partial charge in [0.05, 0.1) is 12.8 Å². The van der Waals surface area contributed by atoms with Crippen LogP contribution in [0.4, 0.5) is 5.69 Å². The second-order valence-corrected chi connectivity index (χ2v) is 5.07. The largest absolute Gasteiger partial charge is 0.495 e. The first-order valence-electron chi connectivity index (χ1n) is 5.74. The van der Waals surface area contributed by atoms with E-state index in [1.165, 1.54) is 23.5 Å². The van der Waals surface area contributed by atoms with Gasteiger partial charge in [-0.05, 0) is 42.5 Å². The van der Waals surface area contributed by atoms with E-state index in [9.17, 15) is 0 Å². The van der Waals surface area contributed by atoms with Crippen LogP contribution in [0, 0.1) is 6.92 Å². The maximum atomic E-state index is 5.34. The molecule has 0 atom stereocenters. The topological polar surface area (TPSA) is 21.3 Å². The van der Waals surface area contributed by atoms with Gasteiger partial charge in [0.1, 0.15) is 5.75 Å². The predicted molar refractivity (Wildman–Crippen MR) is 73.8 cm³/mol. The number of ether oxygens (including phenoxy) is 1. The molecule has 0 aliphatic carbocycles. The zero-order valence-corrected chi connectivity index (χ0v) is 11.2. The minimum absolute atomic E-state index is 0.933. The van der Waals surface area contributed by atoms with Crippen LogP contribution in [0.25, 0.3) is 0 Å². The van der Waals surface area contributed by atoms with E-state index in [2.05, 4.69) is 37.4 Å². The van der Waals surface area contributed by atoms with Crippen LogP contribution in [0.2, 0.25) is 0 Å². The quantitative estimate of drug-likeness (QED) is 0.735. The fraction of sp³-hybridized carbons (Fsp3) is 0.538.